The molecule has 1 amide bonds. The van der Waals surface area contributed by atoms with Gasteiger partial charge in [-0.3, -0.25) is 4.79 Å². The molecule has 0 saturated heterocycles. The maximum absolute atomic E-state index is 12.2. The molecule has 0 atom stereocenters. The second kappa shape index (κ2) is 6.60. The molecule has 19 heavy (non-hydrogen) atoms. The van der Waals surface area contributed by atoms with Crippen molar-refractivity contribution in [3.05, 3.63) is 36.9 Å². The molecular weight excluding hydrogens is 346 g/mol. The van der Waals surface area contributed by atoms with Gasteiger partial charge in [0.2, 0.25) is 0 Å². The molecule has 0 aromatic carbocycles. The molecule has 0 aliphatic carbocycles. The first-order chi connectivity index (χ1) is 9.10. The van der Waals surface area contributed by atoms with E-state index in [4.69, 9.17) is 5.73 Å². The molecule has 0 aliphatic rings. The first kappa shape index (κ1) is 14.6. The van der Waals surface area contributed by atoms with Gasteiger partial charge in [0.15, 0.2) is 0 Å². The normalized spacial score (nSPS) is 10.7. The van der Waals surface area contributed by atoms with Crippen molar-refractivity contribution in [2.24, 2.45) is 5.73 Å². The van der Waals surface area contributed by atoms with Gasteiger partial charge in [-0.25, -0.2) is 4.98 Å². The maximum Gasteiger partial charge on any atom is 0.273 e. The number of thiophene rings is 1. The number of hydrogen-bond acceptors (Lipinski definition) is 5. The Morgan fingerprint density at radius 3 is 2.89 bits per heavy atom. The van der Waals surface area contributed by atoms with Crippen LogP contribution in [0.15, 0.2) is 21.3 Å². The third kappa shape index (κ3) is 3.85. The largest absolute Gasteiger partial charge is 0.335 e. The summed E-state index contributed by atoms with van der Waals surface area (Å²) in [5.41, 5.74) is 5.98. The molecule has 0 bridgehead atoms. The van der Waals surface area contributed by atoms with Gasteiger partial charge >= 0.3 is 0 Å². The Morgan fingerprint density at radius 1 is 1.47 bits per heavy atom. The number of hydrogen-bond donors (Lipinski definition) is 1. The molecule has 0 unspecified atom stereocenters. The van der Waals surface area contributed by atoms with E-state index in [2.05, 4.69) is 20.9 Å². The summed E-state index contributed by atoms with van der Waals surface area (Å²) in [6.45, 7) is 1.15. The monoisotopic (exact) mass is 359 g/mol. The van der Waals surface area contributed by atoms with Crippen molar-refractivity contribution in [2.75, 3.05) is 13.6 Å². The fourth-order valence-corrected chi connectivity index (χ4v) is 3.88. The Labute approximate surface area is 128 Å². The van der Waals surface area contributed by atoms with E-state index < -0.39 is 0 Å². The van der Waals surface area contributed by atoms with Gasteiger partial charge in [-0.05, 0) is 28.5 Å². The van der Waals surface area contributed by atoms with E-state index in [9.17, 15) is 4.79 Å². The Balaban J connectivity index is 2.01. The summed E-state index contributed by atoms with van der Waals surface area (Å²) in [7, 11) is 1.79. The molecule has 0 spiro atoms. The highest BCUT2D eigenvalue weighted by Crippen LogP contribution is 2.21. The number of carbonyl (C=O) groups excluding carboxylic acids is 1. The van der Waals surface area contributed by atoms with Gasteiger partial charge in [0, 0.05) is 33.6 Å². The van der Waals surface area contributed by atoms with E-state index in [1.807, 2.05) is 11.4 Å². The lowest BCUT2D eigenvalue weighted by Crippen LogP contribution is -2.26. The first-order valence-corrected chi connectivity index (χ1v) is 8.28. The van der Waals surface area contributed by atoms with Crippen LogP contribution in [0.5, 0.6) is 0 Å². The number of amides is 1. The highest BCUT2D eigenvalue weighted by atomic mass is 79.9. The van der Waals surface area contributed by atoms with Gasteiger partial charge in [-0.2, -0.15) is 0 Å². The average Bonchev–Trinajstić information content (AvgIpc) is 2.98. The summed E-state index contributed by atoms with van der Waals surface area (Å²) in [6.07, 6.45) is 0.722. The van der Waals surface area contributed by atoms with E-state index in [0.717, 1.165) is 20.8 Å². The van der Waals surface area contributed by atoms with Crippen LogP contribution in [0.1, 0.15) is 20.4 Å². The fraction of sp³-hybridized carbons (Fsp3) is 0.333. The smallest absolute Gasteiger partial charge is 0.273 e. The van der Waals surface area contributed by atoms with Crippen molar-refractivity contribution in [2.45, 2.75) is 13.0 Å². The molecule has 0 aliphatic heterocycles. The van der Waals surface area contributed by atoms with Crippen LogP contribution < -0.4 is 5.73 Å². The summed E-state index contributed by atoms with van der Waals surface area (Å²) < 4.78 is 1.05. The molecular formula is C12H14BrN3OS2. The van der Waals surface area contributed by atoms with E-state index in [1.165, 1.54) is 11.3 Å². The Hall–Kier alpha value is -0.760. The van der Waals surface area contributed by atoms with E-state index in [0.29, 0.717) is 18.8 Å². The van der Waals surface area contributed by atoms with Crippen LogP contribution in [-0.4, -0.2) is 29.4 Å². The van der Waals surface area contributed by atoms with Crippen molar-refractivity contribution >= 4 is 44.5 Å². The predicted octanol–water partition coefficient (Wildman–Crippen LogP) is 2.74. The topological polar surface area (TPSA) is 59.2 Å². The Morgan fingerprint density at radius 2 is 2.26 bits per heavy atom. The van der Waals surface area contributed by atoms with Gasteiger partial charge in [-0.15, -0.1) is 22.7 Å². The van der Waals surface area contributed by atoms with Crippen LogP contribution in [0.3, 0.4) is 0 Å². The summed E-state index contributed by atoms with van der Waals surface area (Å²) in [4.78, 5) is 19.3. The van der Waals surface area contributed by atoms with Crippen LogP contribution in [0, 0.1) is 0 Å². The van der Waals surface area contributed by atoms with Crippen LogP contribution in [0.2, 0.25) is 0 Å². The molecule has 4 nitrogen and oxygen atoms in total. The molecule has 2 aromatic heterocycles. The van der Waals surface area contributed by atoms with Crippen molar-refractivity contribution in [3.63, 3.8) is 0 Å². The Bertz CT molecular complexity index is 567. The summed E-state index contributed by atoms with van der Waals surface area (Å²) in [5.74, 6) is -0.0518. The van der Waals surface area contributed by atoms with Crippen molar-refractivity contribution < 1.29 is 4.79 Å². The van der Waals surface area contributed by atoms with Gasteiger partial charge in [0.25, 0.3) is 5.91 Å². The molecule has 102 valence electrons. The van der Waals surface area contributed by atoms with Gasteiger partial charge in [0.05, 0.1) is 11.6 Å². The van der Waals surface area contributed by atoms with E-state index >= 15 is 0 Å². The minimum absolute atomic E-state index is 0.0518. The molecule has 0 saturated carbocycles. The number of aromatic nitrogens is 1. The summed E-state index contributed by atoms with van der Waals surface area (Å²) >= 11 is 6.52. The number of carbonyl (C=O) groups is 1. The van der Waals surface area contributed by atoms with Crippen LogP contribution in [0.4, 0.5) is 0 Å². The highest BCUT2D eigenvalue weighted by Gasteiger charge is 2.16. The first-order valence-electron chi connectivity index (χ1n) is 5.73. The minimum atomic E-state index is -0.0518. The van der Waals surface area contributed by atoms with Gasteiger partial charge < -0.3 is 10.6 Å². The average molecular weight is 360 g/mol. The van der Waals surface area contributed by atoms with Gasteiger partial charge in [0.1, 0.15) is 5.69 Å². The Kier molecular flexibility index (Phi) is 5.09. The zero-order valence-corrected chi connectivity index (χ0v) is 13.6. The molecule has 7 heteroatoms. The second-order valence-electron chi connectivity index (χ2n) is 4.06. The molecule has 2 aromatic rings. The number of thiazole rings is 1. The molecule has 0 fully saturated rings. The van der Waals surface area contributed by atoms with Crippen LogP contribution in [0.25, 0.3) is 0 Å². The lowest BCUT2D eigenvalue weighted by molar-refractivity contribution is 0.0781. The highest BCUT2D eigenvalue weighted by molar-refractivity contribution is 9.10. The van der Waals surface area contributed by atoms with Crippen LogP contribution in [-0.2, 0) is 13.0 Å². The molecule has 0 radical (unpaired) electrons. The fourth-order valence-electron chi connectivity index (χ4n) is 1.59. The summed E-state index contributed by atoms with van der Waals surface area (Å²) in [6, 6.07) is 2.02. The van der Waals surface area contributed by atoms with Crippen molar-refractivity contribution in [1.82, 2.24) is 9.88 Å². The minimum Gasteiger partial charge on any atom is -0.335 e. The van der Waals surface area contributed by atoms with Crippen LogP contribution >= 0.6 is 38.6 Å². The number of rotatable bonds is 5. The SMILES string of the molecule is CN(Cc1cc(Br)cs1)C(=O)c1csc(CCN)n1. The zero-order chi connectivity index (χ0) is 13.8. The van der Waals surface area contributed by atoms with Gasteiger partial charge in [-0.1, -0.05) is 0 Å². The maximum atomic E-state index is 12.2. The predicted molar refractivity (Wildman–Crippen MR) is 82.7 cm³/mol. The third-order valence-corrected chi connectivity index (χ3v) is 5.08. The third-order valence-electron chi connectivity index (χ3n) is 2.49. The lowest BCUT2D eigenvalue weighted by atomic mass is 10.3. The molecule has 2 N–H and O–H groups in total. The summed E-state index contributed by atoms with van der Waals surface area (Å²) in [5, 5.41) is 4.72. The molecule has 2 heterocycles. The standard InChI is InChI=1S/C12H14BrN3OS2/c1-16(5-9-4-8(13)6-18-9)12(17)10-7-19-11(15-10)2-3-14/h4,6-7H,2-3,5,14H2,1H3. The van der Waals surface area contributed by atoms with Crippen molar-refractivity contribution in [1.29, 1.82) is 0 Å². The quantitative estimate of drug-likeness (QED) is 0.892. The van der Waals surface area contributed by atoms with E-state index in [-0.39, 0.29) is 5.91 Å². The molecule has 2 rings (SSSR count). The number of nitrogens with zero attached hydrogens (tertiary/aromatic N) is 2. The number of nitrogens with two attached hydrogens (primary N) is 1. The number of halogens is 1. The van der Waals surface area contributed by atoms with E-state index in [1.54, 1.807) is 28.7 Å². The lowest BCUT2D eigenvalue weighted by Gasteiger charge is -2.14. The van der Waals surface area contributed by atoms with Crippen molar-refractivity contribution in [3.8, 4) is 0 Å². The zero-order valence-electron chi connectivity index (χ0n) is 10.4. The second-order valence-corrected chi connectivity index (χ2v) is 6.91.